The molecule has 0 radical (unpaired) electrons. The van der Waals surface area contributed by atoms with Crippen LogP contribution in [0.1, 0.15) is 23.3 Å². The molecule has 0 spiro atoms. The average Bonchev–Trinajstić information content (AvgIpc) is 3.53. The highest BCUT2D eigenvalue weighted by Gasteiger charge is 2.26. The number of aromatic nitrogens is 3. The van der Waals surface area contributed by atoms with Crippen LogP contribution in [0.2, 0.25) is 0 Å². The molecule has 3 aromatic rings. The monoisotopic (exact) mass is 442 g/mol. The first-order valence-electron chi connectivity index (χ1n) is 9.43. The van der Waals surface area contributed by atoms with E-state index in [2.05, 4.69) is 31.1 Å². The van der Waals surface area contributed by atoms with Gasteiger partial charge in [0.1, 0.15) is 11.6 Å². The van der Waals surface area contributed by atoms with Crippen LogP contribution in [-0.2, 0) is 9.84 Å². The lowest BCUT2D eigenvalue weighted by atomic mass is 10.2. The normalized spacial score (nSPS) is 13.5. The summed E-state index contributed by atoms with van der Waals surface area (Å²) in [5.41, 5.74) is 0.575. The Balaban J connectivity index is 1.70. The minimum atomic E-state index is -3.52. The molecule has 9 nitrogen and oxygen atoms in total. The third-order valence-electron chi connectivity index (χ3n) is 4.46. The largest absolute Gasteiger partial charge is 0.352 e. The van der Waals surface area contributed by atoms with Crippen LogP contribution in [0.3, 0.4) is 0 Å². The molecule has 1 aliphatic carbocycles. The first kappa shape index (κ1) is 20.7. The van der Waals surface area contributed by atoms with Gasteiger partial charge in [0.2, 0.25) is 0 Å². The molecule has 1 aliphatic rings. The van der Waals surface area contributed by atoms with E-state index in [0.29, 0.717) is 11.5 Å². The topological polar surface area (TPSA) is 126 Å². The van der Waals surface area contributed by atoms with Gasteiger partial charge in [-0.1, -0.05) is 12.1 Å². The van der Waals surface area contributed by atoms with E-state index in [1.165, 1.54) is 24.3 Å². The van der Waals surface area contributed by atoms with Crippen LogP contribution in [0.4, 0.5) is 27.4 Å². The SMILES string of the molecule is CS(=O)(=O)c1ccccc1Nc1cc(Nc2ccc(F)cn2)nnc1C(=O)NC1CC1. The number of pyridine rings is 1. The summed E-state index contributed by atoms with van der Waals surface area (Å²) in [4.78, 5) is 16.6. The van der Waals surface area contributed by atoms with E-state index >= 15 is 0 Å². The van der Waals surface area contributed by atoms with Gasteiger partial charge >= 0.3 is 0 Å². The van der Waals surface area contributed by atoms with Crippen molar-refractivity contribution in [1.29, 1.82) is 0 Å². The lowest BCUT2D eigenvalue weighted by Crippen LogP contribution is -2.27. The van der Waals surface area contributed by atoms with Crippen LogP contribution >= 0.6 is 0 Å². The predicted octanol–water partition coefficient (Wildman–Crippen LogP) is 2.79. The second-order valence-corrected chi connectivity index (χ2v) is 9.10. The molecule has 31 heavy (non-hydrogen) atoms. The number of hydrogen-bond acceptors (Lipinski definition) is 8. The molecule has 3 N–H and O–H groups in total. The molecule has 11 heteroatoms. The zero-order valence-electron chi connectivity index (χ0n) is 16.5. The fourth-order valence-corrected chi connectivity index (χ4v) is 3.66. The molecule has 0 saturated heterocycles. The fourth-order valence-electron chi connectivity index (χ4n) is 2.82. The van der Waals surface area contributed by atoms with Crippen molar-refractivity contribution in [2.75, 3.05) is 16.9 Å². The average molecular weight is 442 g/mol. The third kappa shape index (κ3) is 5.12. The number of nitrogens with one attached hydrogen (secondary N) is 3. The number of rotatable bonds is 7. The summed E-state index contributed by atoms with van der Waals surface area (Å²) in [6.07, 6.45) is 3.95. The molecular formula is C20H19FN6O3S. The van der Waals surface area contributed by atoms with E-state index in [1.54, 1.807) is 18.2 Å². The summed E-state index contributed by atoms with van der Waals surface area (Å²) in [7, 11) is -3.52. The van der Waals surface area contributed by atoms with Crippen molar-refractivity contribution in [3.63, 3.8) is 0 Å². The molecule has 1 amide bonds. The number of halogens is 1. The molecule has 0 atom stereocenters. The summed E-state index contributed by atoms with van der Waals surface area (Å²) >= 11 is 0. The zero-order chi connectivity index (χ0) is 22.0. The molecule has 1 saturated carbocycles. The smallest absolute Gasteiger partial charge is 0.274 e. The highest BCUT2D eigenvalue weighted by molar-refractivity contribution is 7.90. The van der Waals surface area contributed by atoms with Gasteiger partial charge in [-0.05, 0) is 37.1 Å². The number of sulfone groups is 1. The Morgan fingerprint density at radius 2 is 1.81 bits per heavy atom. The number of carbonyl (C=O) groups is 1. The van der Waals surface area contributed by atoms with Gasteiger partial charge in [-0.25, -0.2) is 17.8 Å². The van der Waals surface area contributed by atoms with Gasteiger partial charge in [0.25, 0.3) is 5.91 Å². The van der Waals surface area contributed by atoms with Crippen molar-refractivity contribution in [2.45, 2.75) is 23.8 Å². The predicted molar refractivity (Wildman–Crippen MR) is 113 cm³/mol. The van der Waals surface area contributed by atoms with E-state index in [4.69, 9.17) is 0 Å². The van der Waals surface area contributed by atoms with Gasteiger partial charge in [-0.2, -0.15) is 0 Å². The molecule has 1 aromatic carbocycles. The summed E-state index contributed by atoms with van der Waals surface area (Å²) in [6, 6.07) is 10.6. The summed E-state index contributed by atoms with van der Waals surface area (Å²) in [5, 5.41) is 16.7. The Morgan fingerprint density at radius 3 is 2.48 bits per heavy atom. The van der Waals surface area contributed by atoms with Gasteiger partial charge in [-0.3, -0.25) is 4.79 Å². The van der Waals surface area contributed by atoms with Crippen molar-refractivity contribution >= 4 is 38.8 Å². The van der Waals surface area contributed by atoms with E-state index in [-0.39, 0.29) is 28.1 Å². The molecule has 2 heterocycles. The van der Waals surface area contributed by atoms with Crippen molar-refractivity contribution in [3.05, 3.63) is 60.2 Å². The van der Waals surface area contributed by atoms with Crippen LogP contribution in [0, 0.1) is 5.82 Å². The van der Waals surface area contributed by atoms with E-state index in [1.807, 2.05) is 0 Å². The molecule has 0 bridgehead atoms. The van der Waals surface area contributed by atoms with Crippen LogP contribution in [0.25, 0.3) is 0 Å². The highest BCUT2D eigenvalue weighted by atomic mass is 32.2. The standard InChI is InChI=1S/C20H19FN6O3S/c1-31(29,30)16-5-3-2-4-14(16)24-15-10-18(25-17-9-6-12(21)11-22-17)26-27-19(15)20(28)23-13-7-8-13/h2-6,9-11,13H,7-8H2,1H3,(H,23,28)(H2,22,24,25,26). The lowest BCUT2D eigenvalue weighted by Gasteiger charge is -2.15. The maximum atomic E-state index is 13.1. The van der Waals surface area contributed by atoms with Crippen LogP contribution in [-0.4, -0.2) is 41.8 Å². The Morgan fingerprint density at radius 1 is 1.03 bits per heavy atom. The molecule has 1 fully saturated rings. The molecular weight excluding hydrogens is 423 g/mol. The summed E-state index contributed by atoms with van der Waals surface area (Å²) in [6.45, 7) is 0. The van der Waals surface area contributed by atoms with Crippen molar-refractivity contribution in [3.8, 4) is 0 Å². The van der Waals surface area contributed by atoms with E-state index in [0.717, 1.165) is 25.3 Å². The second-order valence-electron chi connectivity index (χ2n) is 7.12. The van der Waals surface area contributed by atoms with Crippen molar-refractivity contribution in [2.24, 2.45) is 0 Å². The van der Waals surface area contributed by atoms with Gasteiger partial charge < -0.3 is 16.0 Å². The zero-order valence-corrected chi connectivity index (χ0v) is 17.3. The fraction of sp³-hybridized carbons (Fsp3) is 0.200. The number of carbonyl (C=O) groups excluding carboxylic acids is 1. The Kier molecular flexibility index (Phi) is 5.51. The molecule has 4 rings (SSSR count). The van der Waals surface area contributed by atoms with Gasteiger partial charge in [-0.15, -0.1) is 10.2 Å². The molecule has 2 aromatic heterocycles. The minimum Gasteiger partial charge on any atom is -0.352 e. The molecule has 0 unspecified atom stereocenters. The molecule has 0 aliphatic heterocycles. The number of nitrogens with zero attached hydrogens (tertiary/aromatic N) is 3. The quantitative estimate of drug-likeness (QED) is 0.510. The van der Waals surface area contributed by atoms with Gasteiger partial charge in [0, 0.05) is 18.4 Å². The summed E-state index contributed by atoms with van der Waals surface area (Å²) < 4.78 is 37.4. The maximum absolute atomic E-state index is 13.1. The number of benzene rings is 1. The van der Waals surface area contributed by atoms with Crippen LogP contribution in [0.15, 0.2) is 53.6 Å². The number of hydrogen-bond donors (Lipinski definition) is 3. The number of para-hydroxylation sites is 1. The van der Waals surface area contributed by atoms with Crippen molar-refractivity contribution in [1.82, 2.24) is 20.5 Å². The van der Waals surface area contributed by atoms with Crippen molar-refractivity contribution < 1.29 is 17.6 Å². The summed E-state index contributed by atoms with van der Waals surface area (Å²) in [5.74, 6) is -0.334. The first-order valence-corrected chi connectivity index (χ1v) is 11.3. The Labute approximate surface area is 178 Å². The maximum Gasteiger partial charge on any atom is 0.274 e. The number of anilines is 4. The lowest BCUT2D eigenvalue weighted by molar-refractivity contribution is 0.0946. The molecule has 160 valence electrons. The number of amides is 1. The highest BCUT2D eigenvalue weighted by Crippen LogP contribution is 2.28. The van der Waals surface area contributed by atoms with Crippen LogP contribution < -0.4 is 16.0 Å². The minimum absolute atomic E-state index is 0.0211. The Hall–Kier alpha value is -3.60. The second kappa shape index (κ2) is 8.26. The van der Waals surface area contributed by atoms with Crippen LogP contribution in [0.5, 0.6) is 0 Å². The Bertz CT molecular complexity index is 1230. The van der Waals surface area contributed by atoms with E-state index in [9.17, 15) is 17.6 Å². The first-order chi connectivity index (χ1) is 14.8. The van der Waals surface area contributed by atoms with E-state index < -0.39 is 21.6 Å². The third-order valence-corrected chi connectivity index (χ3v) is 5.62. The van der Waals surface area contributed by atoms with Gasteiger partial charge in [0.15, 0.2) is 21.3 Å². The van der Waals surface area contributed by atoms with Gasteiger partial charge in [0.05, 0.1) is 22.5 Å².